The molecule has 0 radical (unpaired) electrons. The molecule has 0 amide bonds. The zero-order valence-corrected chi connectivity index (χ0v) is 42.7. The second-order valence-electron chi connectivity index (χ2n) is 16.3. The van der Waals surface area contributed by atoms with Gasteiger partial charge in [0.05, 0.1) is 9.79 Å². The Kier molecular flexibility index (Phi) is 38.6. The van der Waals surface area contributed by atoms with Crippen molar-refractivity contribution < 1.29 is 25.9 Å². The molecule has 2 aromatic carbocycles. The van der Waals surface area contributed by atoms with Crippen molar-refractivity contribution in [3.05, 3.63) is 59.7 Å². The summed E-state index contributed by atoms with van der Waals surface area (Å²) in [6.45, 7) is 4.54. The summed E-state index contributed by atoms with van der Waals surface area (Å²) in [4.78, 5) is -0.219. The Morgan fingerprint density at radius 1 is 0.351 bits per heavy atom. The Hall–Kier alpha value is -0.169. The molecule has 0 unspecified atom stereocenters. The molecule has 0 aliphatic rings. The minimum atomic E-state index is -4.34. The molecule has 6 nitrogen and oxygen atoms in total. The van der Waals surface area contributed by atoms with Gasteiger partial charge in [0.25, 0.3) is 0 Å². The van der Waals surface area contributed by atoms with Gasteiger partial charge in [0.2, 0.25) is 0 Å². The molecule has 0 saturated heterocycles. The van der Waals surface area contributed by atoms with Crippen LogP contribution in [0.25, 0.3) is 0 Å². The van der Waals surface area contributed by atoms with Crippen LogP contribution in [0.1, 0.15) is 230 Å². The fourth-order valence-electron chi connectivity index (χ4n) is 7.47. The van der Waals surface area contributed by atoms with Crippen molar-refractivity contribution in [2.75, 3.05) is 0 Å². The van der Waals surface area contributed by atoms with Crippen molar-refractivity contribution in [3.63, 3.8) is 0 Å². The van der Waals surface area contributed by atoms with Gasteiger partial charge in [-0.25, -0.2) is 16.8 Å². The largest absolute Gasteiger partial charge is 2.00 e. The molecule has 0 saturated carbocycles. The van der Waals surface area contributed by atoms with E-state index in [9.17, 15) is 25.9 Å². The van der Waals surface area contributed by atoms with Crippen molar-refractivity contribution in [2.24, 2.45) is 0 Å². The molecule has 0 heterocycles. The summed E-state index contributed by atoms with van der Waals surface area (Å²) in [6, 6.07) is 12.9. The van der Waals surface area contributed by atoms with E-state index >= 15 is 0 Å². The Balaban J connectivity index is 0.00000108. The molecule has 0 aliphatic carbocycles. The summed E-state index contributed by atoms with van der Waals surface area (Å²) in [5.74, 6) is 0. The summed E-state index contributed by atoms with van der Waals surface area (Å²) < 4.78 is 66.3. The summed E-state index contributed by atoms with van der Waals surface area (Å²) in [5, 5.41) is 0. The molecule has 0 atom stereocenters. The topological polar surface area (TPSA) is 114 Å². The summed E-state index contributed by atoms with van der Waals surface area (Å²) in [5.41, 5.74) is 1.89. The van der Waals surface area contributed by atoms with Gasteiger partial charge in [-0.15, -0.1) is 0 Å². The number of hydrogen-bond acceptors (Lipinski definition) is 6. The molecule has 0 fully saturated rings. The maximum Gasteiger partial charge on any atom is 2.00 e. The third-order valence-electron chi connectivity index (χ3n) is 11.0. The smallest absolute Gasteiger partial charge is 0.744 e. The SMILES string of the molecule is CCCCCCCCCCCCCCCCCCc1cccc(S(=O)(=O)[O-])c1.CCCCCCCCCCCCCCCCCCc1cccc(S(=O)(=O)[O-])c1.[Ba+2]. The standard InChI is InChI=1S/2C24H42O3S.Ba/c2*1-2-3-4-5-6-7-8-9-10-11-12-13-14-15-16-17-19-23-20-18-21-24(22-23)28(25,26)27;/h2*18,20-22H,2-17,19H2,1H3,(H,25,26,27);/q;;+2/p-2. The predicted molar refractivity (Wildman–Crippen MR) is 241 cm³/mol. The van der Waals surface area contributed by atoms with E-state index in [1.165, 1.54) is 217 Å². The van der Waals surface area contributed by atoms with Crippen LogP contribution in [0.5, 0.6) is 0 Å². The van der Waals surface area contributed by atoms with Gasteiger partial charge in [0, 0.05) is 0 Å². The van der Waals surface area contributed by atoms with E-state index in [0.29, 0.717) is 0 Å². The van der Waals surface area contributed by atoms with Gasteiger partial charge in [-0.2, -0.15) is 0 Å². The molecule has 2 aromatic rings. The predicted octanol–water partition coefficient (Wildman–Crippen LogP) is 14.4. The Bertz CT molecular complexity index is 1310. The van der Waals surface area contributed by atoms with Gasteiger partial charge in [-0.05, 0) is 61.1 Å². The van der Waals surface area contributed by atoms with Crippen molar-refractivity contribution in [3.8, 4) is 0 Å². The minimum absolute atomic E-state index is 0. The monoisotopic (exact) mass is 956 g/mol. The third kappa shape index (κ3) is 35.2. The van der Waals surface area contributed by atoms with Crippen molar-refractivity contribution in [1.82, 2.24) is 0 Å². The molecule has 0 N–H and O–H groups in total. The molecule has 2 rings (SSSR count). The van der Waals surface area contributed by atoms with Crippen LogP contribution in [0.15, 0.2) is 58.3 Å². The van der Waals surface area contributed by atoms with E-state index in [2.05, 4.69) is 13.8 Å². The van der Waals surface area contributed by atoms with Crippen molar-refractivity contribution in [2.45, 2.75) is 242 Å². The molecule has 324 valence electrons. The maximum absolute atomic E-state index is 11.1. The second kappa shape index (κ2) is 38.7. The van der Waals surface area contributed by atoms with Crippen LogP contribution in [-0.2, 0) is 33.1 Å². The molecular weight excluding hydrogens is 874 g/mol. The van der Waals surface area contributed by atoms with Crippen molar-refractivity contribution in [1.29, 1.82) is 0 Å². The maximum atomic E-state index is 11.1. The molecular formula is C48H82BaO6S2. The summed E-state index contributed by atoms with van der Waals surface area (Å²) in [7, 11) is -8.67. The van der Waals surface area contributed by atoms with Crippen LogP contribution in [-0.4, -0.2) is 74.8 Å². The number of hydrogen-bond donors (Lipinski definition) is 0. The van der Waals surface area contributed by atoms with Gasteiger partial charge in [0.1, 0.15) is 20.2 Å². The second-order valence-corrected chi connectivity index (χ2v) is 19.1. The first kappa shape index (κ1) is 56.8. The fourth-order valence-corrected chi connectivity index (χ4v) is 8.55. The Morgan fingerprint density at radius 2 is 0.561 bits per heavy atom. The van der Waals surface area contributed by atoms with Gasteiger partial charge >= 0.3 is 48.9 Å². The van der Waals surface area contributed by atoms with E-state index in [0.717, 1.165) is 36.8 Å². The fraction of sp³-hybridized carbons (Fsp3) is 0.750. The summed E-state index contributed by atoms with van der Waals surface area (Å²) >= 11 is 0. The quantitative estimate of drug-likeness (QED) is 0.0382. The van der Waals surface area contributed by atoms with Gasteiger partial charge in [-0.1, -0.05) is 231 Å². The third-order valence-corrected chi connectivity index (χ3v) is 12.7. The van der Waals surface area contributed by atoms with Crippen LogP contribution in [0.4, 0.5) is 0 Å². The number of benzene rings is 2. The zero-order chi connectivity index (χ0) is 41.0. The first-order valence-corrected chi connectivity index (χ1v) is 26.0. The molecule has 0 aromatic heterocycles. The Labute approximate surface area is 392 Å². The van der Waals surface area contributed by atoms with E-state index in [1.54, 1.807) is 12.1 Å². The first-order chi connectivity index (χ1) is 27.1. The molecule has 0 spiro atoms. The van der Waals surface area contributed by atoms with E-state index in [-0.39, 0.29) is 58.7 Å². The number of aryl methyl sites for hydroxylation is 2. The van der Waals surface area contributed by atoms with Crippen molar-refractivity contribution >= 4 is 69.1 Å². The number of rotatable bonds is 36. The summed E-state index contributed by atoms with van der Waals surface area (Å²) in [6.07, 6.45) is 44.7. The normalized spacial score (nSPS) is 11.6. The number of unbranched alkanes of at least 4 members (excludes halogenated alkanes) is 30. The van der Waals surface area contributed by atoms with Gasteiger partial charge < -0.3 is 9.11 Å². The Morgan fingerprint density at radius 3 is 0.772 bits per heavy atom. The first-order valence-electron chi connectivity index (χ1n) is 23.2. The molecule has 9 heteroatoms. The average molecular weight is 957 g/mol. The van der Waals surface area contributed by atoms with Crippen LogP contribution in [0.2, 0.25) is 0 Å². The van der Waals surface area contributed by atoms with E-state index in [1.807, 2.05) is 12.1 Å². The van der Waals surface area contributed by atoms with E-state index in [4.69, 9.17) is 0 Å². The van der Waals surface area contributed by atoms with Crippen LogP contribution >= 0.6 is 0 Å². The van der Waals surface area contributed by atoms with Crippen LogP contribution in [0, 0.1) is 0 Å². The van der Waals surface area contributed by atoms with Gasteiger partial charge in [0.15, 0.2) is 0 Å². The van der Waals surface area contributed by atoms with Crippen LogP contribution < -0.4 is 0 Å². The average Bonchev–Trinajstić information content (AvgIpc) is 3.17. The minimum Gasteiger partial charge on any atom is -0.744 e. The van der Waals surface area contributed by atoms with E-state index < -0.39 is 20.2 Å². The zero-order valence-electron chi connectivity index (χ0n) is 36.6. The van der Waals surface area contributed by atoms with Gasteiger partial charge in [-0.3, -0.25) is 0 Å². The molecule has 57 heavy (non-hydrogen) atoms. The van der Waals surface area contributed by atoms with Crippen LogP contribution in [0.3, 0.4) is 0 Å². The molecule has 0 bridgehead atoms. The molecule has 0 aliphatic heterocycles.